The van der Waals surface area contributed by atoms with Gasteiger partial charge in [-0.2, -0.15) is 0 Å². The maximum absolute atomic E-state index is 12.0. The summed E-state index contributed by atoms with van der Waals surface area (Å²) in [6.07, 6.45) is 0.219. The summed E-state index contributed by atoms with van der Waals surface area (Å²) in [6, 6.07) is 6.03. The van der Waals surface area contributed by atoms with Gasteiger partial charge in [-0.1, -0.05) is 23.7 Å². The van der Waals surface area contributed by atoms with Crippen LogP contribution in [0.5, 0.6) is 0 Å². The fourth-order valence-corrected chi connectivity index (χ4v) is 2.09. The van der Waals surface area contributed by atoms with Gasteiger partial charge in [-0.05, 0) is 44.9 Å². The number of ether oxygens (including phenoxy) is 1. The molecule has 0 aliphatic heterocycles. The van der Waals surface area contributed by atoms with E-state index in [2.05, 4.69) is 0 Å². The van der Waals surface area contributed by atoms with Crippen LogP contribution in [-0.4, -0.2) is 28.7 Å². The molecule has 0 spiro atoms. The number of halogens is 1. The molecule has 1 aromatic carbocycles. The van der Waals surface area contributed by atoms with Crippen LogP contribution >= 0.6 is 11.6 Å². The number of aliphatic carboxylic acids is 1. The van der Waals surface area contributed by atoms with Crippen LogP contribution in [0.25, 0.3) is 0 Å². The molecule has 5 nitrogen and oxygen atoms in total. The fraction of sp³-hybridized carbons (Fsp3) is 0.467. The predicted molar refractivity (Wildman–Crippen MR) is 80.1 cm³/mol. The highest BCUT2D eigenvalue weighted by atomic mass is 35.5. The van der Waals surface area contributed by atoms with Crippen LogP contribution in [0.15, 0.2) is 24.3 Å². The number of benzene rings is 1. The molecule has 21 heavy (non-hydrogen) atoms. The molecule has 0 fully saturated rings. The Morgan fingerprint density at radius 2 is 2.00 bits per heavy atom. The van der Waals surface area contributed by atoms with Crippen molar-refractivity contribution in [2.75, 3.05) is 0 Å². The number of carboxylic acids is 1. The molecule has 6 heteroatoms. The van der Waals surface area contributed by atoms with E-state index in [1.165, 1.54) is 0 Å². The Morgan fingerprint density at radius 3 is 2.48 bits per heavy atom. The van der Waals surface area contributed by atoms with Gasteiger partial charge in [0.05, 0.1) is 0 Å². The molecule has 0 aliphatic rings. The predicted octanol–water partition coefficient (Wildman–Crippen LogP) is 2.25. The van der Waals surface area contributed by atoms with Crippen LogP contribution in [0.1, 0.15) is 26.3 Å². The zero-order valence-corrected chi connectivity index (χ0v) is 13.1. The summed E-state index contributed by atoms with van der Waals surface area (Å²) in [5.74, 6) is -3.54. The molecule has 3 N–H and O–H groups in total. The standard InChI is InChI=1S/C15H20ClNO4/c1-15(2,3)21-14(20)12(13(18)19)11(17)8-9-5-4-6-10(16)7-9/h4-7,11-12H,8,17H2,1-3H3,(H,18,19)/t11?,12-/m1/s1. The Labute approximate surface area is 129 Å². The van der Waals surface area contributed by atoms with Gasteiger partial charge in [0.2, 0.25) is 0 Å². The second kappa shape index (κ2) is 6.91. The number of nitrogens with two attached hydrogens (primary N) is 1. The number of esters is 1. The molecule has 0 saturated heterocycles. The summed E-state index contributed by atoms with van der Waals surface area (Å²) in [4.78, 5) is 23.3. The van der Waals surface area contributed by atoms with Crippen LogP contribution in [0, 0.1) is 5.92 Å². The minimum Gasteiger partial charge on any atom is -0.481 e. The van der Waals surface area contributed by atoms with Crippen LogP contribution in [0.3, 0.4) is 0 Å². The van der Waals surface area contributed by atoms with Gasteiger partial charge < -0.3 is 15.6 Å². The normalized spacial score (nSPS) is 14.3. The van der Waals surface area contributed by atoms with E-state index in [9.17, 15) is 14.7 Å². The Kier molecular flexibility index (Phi) is 5.75. The van der Waals surface area contributed by atoms with E-state index in [4.69, 9.17) is 22.1 Å². The first-order valence-electron chi connectivity index (χ1n) is 6.56. The summed E-state index contributed by atoms with van der Waals surface area (Å²) in [7, 11) is 0. The van der Waals surface area contributed by atoms with E-state index >= 15 is 0 Å². The molecule has 116 valence electrons. The average Bonchev–Trinajstić information content (AvgIpc) is 2.25. The van der Waals surface area contributed by atoms with E-state index < -0.39 is 29.5 Å². The zero-order chi connectivity index (χ0) is 16.2. The third-order valence-corrected chi connectivity index (χ3v) is 2.95. The number of hydrogen-bond donors (Lipinski definition) is 2. The average molecular weight is 314 g/mol. The second-order valence-electron chi connectivity index (χ2n) is 5.85. The van der Waals surface area contributed by atoms with Gasteiger partial charge in [-0.25, -0.2) is 0 Å². The number of carboxylic acid groups (broad SMARTS) is 1. The molecular formula is C15H20ClNO4. The van der Waals surface area contributed by atoms with Gasteiger partial charge >= 0.3 is 11.9 Å². The lowest BCUT2D eigenvalue weighted by molar-refractivity contribution is -0.167. The quantitative estimate of drug-likeness (QED) is 0.643. The Bertz CT molecular complexity index is 525. The van der Waals surface area contributed by atoms with Crippen LogP contribution in [-0.2, 0) is 20.7 Å². The number of hydrogen-bond acceptors (Lipinski definition) is 4. The van der Waals surface area contributed by atoms with Crippen molar-refractivity contribution in [3.8, 4) is 0 Å². The lowest BCUT2D eigenvalue weighted by Gasteiger charge is -2.25. The first-order valence-corrected chi connectivity index (χ1v) is 6.93. The van der Waals surface area contributed by atoms with Crippen molar-refractivity contribution in [1.29, 1.82) is 0 Å². The van der Waals surface area contributed by atoms with Gasteiger partial charge in [0.1, 0.15) is 5.60 Å². The topological polar surface area (TPSA) is 89.6 Å². The van der Waals surface area contributed by atoms with Crippen molar-refractivity contribution in [3.05, 3.63) is 34.9 Å². The van der Waals surface area contributed by atoms with Gasteiger partial charge in [-0.3, -0.25) is 9.59 Å². The molecule has 0 saturated carbocycles. The van der Waals surface area contributed by atoms with Crippen LogP contribution in [0.4, 0.5) is 0 Å². The van der Waals surface area contributed by atoms with E-state index in [-0.39, 0.29) is 6.42 Å². The second-order valence-corrected chi connectivity index (χ2v) is 6.28. The molecule has 0 radical (unpaired) electrons. The molecule has 0 amide bonds. The number of carbonyl (C=O) groups excluding carboxylic acids is 1. The number of carbonyl (C=O) groups is 2. The molecular weight excluding hydrogens is 294 g/mol. The molecule has 0 aliphatic carbocycles. The van der Waals surface area contributed by atoms with Crippen molar-refractivity contribution in [3.63, 3.8) is 0 Å². The Balaban J connectivity index is 2.85. The van der Waals surface area contributed by atoms with Gasteiger partial charge in [0.25, 0.3) is 0 Å². The lowest BCUT2D eigenvalue weighted by atomic mass is 9.94. The van der Waals surface area contributed by atoms with E-state index in [1.54, 1.807) is 45.0 Å². The monoisotopic (exact) mass is 313 g/mol. The lowest BCUT2D eigenvalue weighted by Crippen LogP contribution is -2.45. The van der Waals surface area contributed by atoms with Crippen molar-refractivity contribution in [2.24, 2.45) is 11.7 Å². The fourth-order valence-electron chi connectivity index (χ4n) is 1.88. The smallest absolute Gasteiger partial charge is 0.322 e. The van der Waals surface area contributed by atoms with E-state index in [0.717, 1.165) is 5.56 Å². The van der Waals surface area contributed by atoms with Gasteiger partial charge in [0.15, 0.2) is 5.92 Å². The summed E-state index contributed by atoms with van der Waals surface area (Å²) in [5.41, 5.74) is 5.90. The maximum Gasteiger partial charge on any atom is 0.322 e. The summed E-state index contributed by atoms with van der Waals surface area (Å²) in [6.45, 7) is 5.02. The first kappa shape index (κ1) is 17.5. The minimum atomic E-state index is -1.41. The van der Waals surface area contributed by atoms with E-state index in [1.807, 2.05) is 0 Å². The number of rotatable bonds is 5. The van der Waals surface area contributed by atoms with Crippen molar-refractivity contribution < 1.29 is 19.4 Å². The van der Waals surface area contributed by atoms with Crippen molar-refractivity contribution >= 4 is 23.5 Å². The summed E-state index contributed by atoms with van der Waals surface area (Å²) >= 11 is 5.87. The highest BCUT2D eigenvalue weighted by Crippen LogP contribution is 2.18. The summed E-state index contributed by atoms with van der Waals surface area (Å²) < 4.78 is 5.12. The Hall–Kier alpha value is -1.59. The molecule has 2 atom stereocenters. The minimum absolute atomic E-state index is 0.219. The Morgan fingerprint density at radius 1 is 1.38 bits per heavy atom. The maximum atomic E-state index is 12.0. The summed E-state index contributed by atoms with van der Waals surface area (Å²) in [5, 5.41) is 9.77. The van der Waals surface area contributed by atoms with Gasteiger partial charge in [0, 0.05) is 11.1 Å². The van der Waals surface area contributed by atoms with E-state index in [0.29, 0.717) is 5.02 Å². The third-order valence-electron chi connectivity index (χ3n) is 2.72. The third kappa shape index (κ3) is 5.73. The molecule has 1 rings (SSSR count). The molecule has 0 aromatic heterocycles. The highest BCUT2D eigenvalue weighted by Gasteiger charge is 2.36. The molecule has 1 aromatic rings. The molecule has 1 unspecified atom stereocenters. The first-order chi connectivity index (χ1) is 9.60. The largest absolute Gasteiger partial charge is 0.481 e. The highest BCUT2D eigenvalue weighted by molar-refractivity contribution is 6.30. The van der Waals surface area contributed by atoms with Crippen molar-refractivity contribution in [1.82, 2.24) is 0 Å². The van der Waals surface area contributed by atoms with Gasteiger partial charge in [-0.15, -0.1) is 0 Å². The molecule has 0 heterocycles. The molecule has 0 bridgehead atoms. The zero-order valence-electron chi connectivity index (χ0n) is 12.3. The SMILES string of the molecule is CC(C)(C)OC(=O)[C@@H](C(=O)O)C(N)Cc1cccc(Cl)c1. The van der Waals surface area contributed by atoms with Crippen LogP contribution < -0.4 is 5.73 Å². The van der Waals surface area contributed by atoms with Crippen LogP contribution in [0.2, 0.25) is 5.02 Å². The van der Waals surface area contributed by atoms with Crippen molar-refractivity contribution in [2.45, 2.75) is 38.8 Å².